The Balaban J connectivity index is 1.87. The minimum absolute atomic E-state index is 0.0871. The summed E-state index contributed by atoms with van der Waals surface area (Å²) >= 11 is 5.69. The van der Waals surface area contributed by atoms with Crippen LogP contribution in [0.3, 0.4) is 0 Å². The molecule has 0 radical (unpaired) electrons. The molecule has 4 nitrogen and oxygen atoms in total. The van der Waals surface area contributed by atoms with Gasteiger partial charge < -0.3 is 14.8 Å². The van der Waals surface area contributed by atoms with Crippen molar-refractivity contribution in [2.75, 3.05) is 4.90 Å². The van der Waals surface area contributed by atoms with Gasteiger partial charge >= 0.3 is 0 Å². The first-order valence-corrected chi connectivity index (χ1v) is 9.27. The molecule has 1 N–H and O–H groups in total. The Bertz CT molecular complexity index is 999. The van der Waals surface area contributed by atoms with E-state index < -0.39 is 0 Å². The van der Waals surface area contributed by atoms with Crippen molar-refractivity contribution in [2.24, 2.45) is 7.05 Å². The van der Waals surface area contributed by atoms with E-state index >= 15 is 0 Å². The molecule has 1 fully saturated rings. The number of halogens is 1. The molecule has 1 saturated heterocycles. The molecule has 138 valence electrons. The van der Waals surface area contributed by atoms with Crippen molar-refractivity contribution in [3.8, 4) is 0 Å². The molecule has 2 aromatic heterocycles. The van der Waals surface area contributed by atoms with Crippen LogP contribution >= 0.6 is 12.2 Å². The van der Waals surface area contributed by atoms with Crippen LogP contribution in [0.1, 0.15) is 34.7 Å². The van der Waals surface area contributed by atoms with Crippen LogP contribution in [0.4, 0.5) is 10.1 Å². The highest BCUT2D eigenvalue weighted by molar-refractivity contribution is 7.80. The number of aromatic nitrogens is 2. The molecule has 0 unspecified atom stereocenters. The largest absolute Gasteiger partial charge is 0.351 e. The number of anilines is 1. The molecule has 6 heteroatoms. The fourth-order valence-corrected chi connectivity index (χ4v) is 3.99. The second kappa shape index (κ2) is 6.78. The third-order valence-corrected chi connectivity index (χ3v) is 5.55. The molecular formula is C21H21FN4S. The van der Waals surface area contributed by atoms with Gasteiger partial charge in [-0.15, -0.1) is 0 Å². The van der Waals surface area contributed by atoms with Gasteiger partial charge in [0.25, 0.3) is 0 Å². The SMILES string of the molecule is Cc1cc(N2C(=S)N[C@@H](c3ccccn3)[C@@H]2c2ccc(C)n2C)ccc1F. The fraction of sp³-hybridized carbons (Fsp3) is 0.238. The van der Waals surface area contributed by atoms with E-state index in [2.05, 4.69) is 45.9 Å². The first-order valence-electron chi connectivity index (χ1n) is 8.86. The van der Waals surface area contributed by atoms with Crippen molar-refractivity contribution in [3.63, 3.8) is 0 Å². The number of rotatable bonds is 3. The summed E-state index contributed by atoms with van der Waals surface area (Å²) in [5.74, 6) is -0.218. The van der Waals surface area contributed by atoms with Crippen LogP contribution < -0.4 is 10.2 Å². The summed E-state index contributed by atoms with van der Waals surface area (Å²) in [6.45, 7) is 3.84. The van der Waals surface area contributed by atoms with E-state index in [0.717, 1.165) is 22.8 Å². The predicted molar refractivity (Wildman–Crippen MR) is 109 cm³/mol. The van der Waals surface area contributed by atoms with E-state index in [0.29, 0.717) is 10.7 Å². The van der Waals surface area contributed by atoms with Crippen molar-refractivity contribution in [3.05, 3.63) is 83.2 Å². The third-order valence-electron chi connectivity index (χ3n) is 5.23. The molecule has 3 aromatic rings. The summed E-state index contributed by atoms with van der Waals surface area (Å²) in [6.07, 6.45) is 1.79. The fourth-order valence-electron chi connectivity index (χ4n) is 3.64. The van der Waals surface area contributed by atoms with Gasteiger partial charge in [-0.3, -0.25) is 4.98 Å². The maximum Gasteiger partial charge on any atom is 0.174 e. The lowest BCUT2D eigenvalue weighted by molar-refractivity contribution is 0.538. The van der Waals surface area contributed by atoms with E-state index in [9.17, 15) is 4.39 Å². The smallest absolute Gasteiger partial charge is 0.174 e. The Morgan fingerprint density at radius 2 is 1.93 bits per heavy atom. The Hall–Kier alpha value is -2.73. The first-order chi connectivity index (χ1) is 13.0. The zero-order chi connectivity index (χ0) is 19.1. The molecule has 0 aliphatic carbocycles. The molecule has 1 aliphatic heterocycles. The van der Waals surface area contributed by atoms with Gasteiger partial charge in [0.2, 0.25) is 0 Å². The summed E-state index contributed by atoms with van der Waals surface area (Å²) in [6, 6.07) is 15.0. The van der Waals surface area contributed by atoms with Gasteiger partial charge in [-0.25, -0.2) is 4.39 Å². The lowest BCUT2D eigenvalue weighted by Crippen LogP contribution is -2.30. The number of hydrogen-bond acceptors (Lipinski definition) is 2. The number of hydrogen-bond donors (Lipinski definition) is 1. The van der Waals surface area contributed by atoms with Crippen molar-refractivity contribution < 1.29 is 4.39 Å². The van der Waals surface area contributed by atoms with Crippen LogP contribution in [-0.2, 0) is 7.05 Å². The second-order valence-electron chi connectivity index (χ2n) is 6.89. The lowest BCUT2D eigenvalue weighted by atomic mass is 10.0. The van der Waals surface area contributed by atoms with Gasteiger partial charge in [-0.05, 0) is 74.1 Å². The second-order valence-corrected chi connectivity index (χ2v) is 7.28. The average Bonchev–Trinajstić information content (AvgIpc) is 3.18. The van der Waals surface area contributed by atoms with E-state index in [1.165, 1.54) is 6.07 Å². The number of nitrogens with zero attached hydrogens (tertiary/aromatic N) is 3. The number of pyridine rings is 1. The number of nitrogens with one attached hydrogen (secondary N) is 1. The Morgan fingerprint density at radius 3 is 2.56 bits per heavy atom. The Labute approximate surface area is 163 Å². The Kier molecular flexibility index (Phi) is 4.44. The van der Waals surface area contributed by atoms with E-state index in [4.69, 9.17) is 12.2 Å². The number of aryl methyl sites for hydroxylation is 2. The molecule has 0 amide bonds. The van der Waals surface area contributed by atoms with Crippen LogP contribution in [-0.4, -0.2) is 14.7 Å². The first kappa shape index (κ1) is 17.7. The monoisotopic (exact) mass is 380 g/mol. The molecule has 2 atom stereocenters. The van der Waals surface area contributed by atoms with Gasteiger partial charge in [0.15, 0.2) is 5.11 Å². The lowest BCUT2D eigenvalue weighted by Gasteiger charge is -2.28. The highest BCUT2D eigenvalue weighted by Gasteiger charge is 2.42. The summed E-state index contributed by atoms with van der Waals surface area (Å²) in [7, 11) is 2.05. The molecule has 3 heterocycles. The molecule has 1 aliphatic rings. The standard InChI is InChI=1S/C21H21FN4S/c1-13-12-15(8-9-16(13)22)26-20(18-10-7-14(2)25(18)3)19(24-21(26)27)17-6-4-5-11-23-17/h4-12,19-20H,1-3H3,(H,24,27)/t19-,20-/m0/s1. The van der Waals surface area contributed by atoms with Crippen LogP contribution in [0, 0.1) is 19.7 Å². The van der Waals surface area contributed by atoms with Crippen molar-refractivity contribution in [1.82, 2.24) is 14.9 Å². The maximum atomic E-state index is 13.8. The highest BCUT2D eigenvalue weighted by Crippen LogP contribution is 2.42. The molecular weight excluding hydrogens is 359 g/mol. The van der Waals surface area contributed by atoms with E-state index in [1.54, 1.807) is 19.2 Å². The minimum atomic E-state index is -0.218. The summed E-state index contributed by atoms with van der Waals surface area (Å²) in [5, 5.41) is 4.04. The van der Waals surface area contributed by atoms with Crippen LogP contribution in [0.25, 0.3) is 0 Å². The quantitative estimate of drug-likeness (QED) is 0.685. The number of thiocarbonyl (C=S) groups is 1. The zero-order valence-electron chi connectivity index (χ0n) is 15.5. The van der Waals surface area contributed by atoms with E-state index in [-0.39, 0.29) is 17.9 Å². The number of benzene rings is 1. The predicted octanol–water partition coefficient (Wildman–Crippen LogP) is 4.35. The zero-order valence-corrected chi connectivity index (χ0v) is 16.3. The maximum absolute atomic E-state index is 13.8. The van der Waals surface area contributed by atoms with E-state index in [1.807, 2.05) is 24.3 Å². The van der Waals surface area contributed by atoms with Crippen molar-refractivity contribution in [2.45, 2.75) is 25.9 Å². The van der Waals surface area contributed by atoms with Gasteiger partial charge in [0.05, 0.1) is 11.7 Å². The molecule has 0 bridgehead atoms. The molecule has 1 aromatic carbocycles. The highest BCUT2D eigenvalue weighted by atomic mass is 32.1. The Morgan fingerprint density at radius 1 is 1.11 bits per heavy atom. The van der Waals surface area contributed by atoms with Crippen LogP contribution in [0.15, 0.2) is 54.7 Å². The minimum Gasteiger partial charge on any atom is -0.351 e. The molecule has 27 heavy (non-hydrogen) atoms. The summed E-state index contributed by atoms with van der Waals surface area (Å²) in [4.78, 5) is 6.61. The molecule has 0 spiro atoms. The van der Waals surface area contributed by atoms with Crippen LogP contribution in [0.5, 0.6) is 0 Å². The molecule has 0 saturated carbocycles. The summed E-state index contributed by atoms with van der Waals surface area (Å²) in [5.41, 5.74) is 4.67. The van der Waals surface area contributed by atoms with Crippen molar-refractivity contribution >= 4 is 23.0 Å². The summed E-state index contributed by atoms with van der Waals surface area (Å²) < 4.78 is 16.0. The average molecular weight is 380 g/mol. The topological polar surface area (TPSA) is 33.1 Å². The molecule has 4 rings (SSSR count). The third kappa shape index (κ3) is 3.00. The van der Waals surface area contributed by atoms with Crippen molar-refractivity contribution in [1.29, 1.82) is 0 Å². The van der Waals surface area contributed by atoms with Gasteiger partial charge in [-0.1, -0.05) is 6.07 Å². The van der Waals surface area contributed by atoms with Gasteiger partial charge in [0, 0.05) is 30.3 Å². The normalized spacial score (nSPS) is 19.4. The van der Waals surface area contributed by atoms with Crippen LogP contribution in [0.2, 0.25) is 0 Å². The van der Waals surface area contributed by atoms with Gasteiger partial charge in [-0.2, -0.15) is 0 Å². The van der Waals surface area contributed by atoms with Gasteiger partial charge in [0.1, 0.15) is 11.9 Å².